The zero-order chi connectivity index (χ0) is 18.4. The first-order valence-electron chi connectivity index (χ1n) is 8.04. The van der Waals surface area contributed by atoms with Crippen LogP contribution in [0.5, 0.6) is 5.75 Å². The van der Waals surface area contributed by atoms with E-state index in [4.69, 9.17) is 16.3 Å². The van der Waals surface area contributed by atoms with E-state index in [1.165, 1.54) is 5.56 Å². The SMILES string of the molecule is COc1ccc(Cl)c(CC(=O)N/N=C/c2ccc(C(C)(C)C)cc2)c1. The van der Waals surface area contributed by atoms with Crippen LogP contribution in [0.2, 0.25) is 5.02 Å². The molecule has 0 saturated carbocycles. The number of nitrogens with one attached hydrogen (secondary N) is 1. The zero-order valence-corrected chi connectivity index (χ0v) is 15.7. The van der Waals surface area contributed by atoms with Gasteiger partial charge in [0.05, 0.1) is 19.7 Å². The van der Waals surface area contributed by atoms with Crippen molar-refractivity contribution in [3.63, 3.8) is 0 Å². The Morgan fingerprint density at radius 2 is 1.88 bits per heavy atom. The summed E-state index contributed by atoms with van der Waals surface area (Å²) in [6.45, 7) is 6.50. The molecule has 0 unspecified atom stereocenters. The van der Waals surface area contributed by atoms with Crippen LogP contribution in [0.15, 0.2) is 47.6 Å². The lowest BCUT2D eigenvalue weighted by Crippen LogP contribution is -2.20. The molecule has 0 fully saturated rings. The van der Waals surface area contributed by atoms with Gasteiger partial charge in [0.1, 0.15) is 5.75 Å². The van der Waals surface area contributed by atoms with Crippen LogP contribution in [0.25, 0.3) is 0 Å². The van der Waals surface area contributed by atoms with Crippen molar-refractivity contribution < 1.29 is 9.53 Å². The lowest BCUT2D eigenvalue weighted by molar-refractivity contribution is -0.120. The van der Waals surface area contributed by atoms with Gasteiger partial charge in [-0.05, 0) is 40.3 Å². The van der Waals surface area contributed by atoms with Crippen molar-refractivity contribution in [3.05, 3.63) is 64.2 Å². The minimum Gasteiger partial charge on any atom is -0.497 e. The first kappa shape index (κ1) is 19.0. The van der Waals surface area contributed by atoms with Crippen LogP contribution in [-0.4, -0.2) is 19.2 Å². The van der Waals surface area contributed by atoms with E-state index in [1.54, 1.807) is 31.5 Å². The first-order chi connectivity index (χ1) is 11.8. The van der Waals surface area contributed by atoms with Crippen LogP contribution in [-0.2, 0) is 16.6 Å². The highest BCUT2D eigenvalue weighted by Gasteiger charge is 2.12. The van der Waals surface area contributed by atoms with Crippen LogP contribution in [0.1, 0.15) is 37.5 Å². The van der Waals surface area contributed by atoms with Gasteiger partial charge in [-0.15, -0.1) is 0 Å². The number of amides is 1. The average molecular weight is 359 g/mol. The van der Waals surface area contributed by atoms with Crippen molar-refractivity contribution >= 4 is 23.7 Å². The molecule has 4 nitrogen and oxygen atoms in total. The molecule has 2 aromatic rings. The van der Waals surface area contributed by atoms with Gasteiger partial charge in [-0.1, -0.05) is 56.6 Å². The molecule has 0 aliphatic carbocycles. The number of ether oxygens (including phenoxy) is 1. The highest BCUT2D eigenvalue weighted by atomic mass is 35.5. The smallest absolute Gasteiger partial charge is 0.244 e. The molecule has 0 bridgehead atoms. The van der Waals surface area contributed by atoms with Gasteiger partial charge < -0.3 is 4.74 Å². The molecule has 0 aliphatic heterocycles. The lowest BCUT2D eigenvalue weighted by atomic mass is 9.87. The number of carbonyl (C=O) groups is 1. The highest BCUT2D eigenvalue weighted by Crippen LogP contribution is 2.23. The van der Waals surface area contributed by atoms with Crippen LogP contribution in [0.4, 0.5) is 0 Å². The maximum absolute atomic E-state index is 12.0. The molecule has 0 aliphatic rings. The number of carbonyl (C=O) groups excluding carboxylic acids is 1. The van der Waals surface area contributed by atoms with Crippen LogP contribution < -0.4 is 10.2 Å². The molecule has 0 aromatic heterocycles. The van der Waals surface area contributed by atoms with E-state index in [0.29, 0.717) is 16.3 Å². The number of halogens is 1. The standard InChI is InChI=1S/C20H23ClN2O2/c1-20(2,3)16-7-5-14(6-8-16)13-22-23-19(24)12-15-11-17(25-4)9-10-18(15)21/h5-11,13H,12H2,1-4H3,(H,23,24)/b22-13+. The number of methoxy groups -OCH3 is 1. The van der Waals surface area contributed by atoms with Crippen molar-refractivity contribution in [2.45, 2.75) is 32.6 Å². The van der Waals surface area contributed by atoms with E-state index in [2.05, 4.69) is 43.4 Å². The predicted octanol–water partition coefficient (Wildman–Crippen LogP) is 4.34. The number of hydrogen-bond donors (Lipinski definition) is 1. The van der Waals surface area contributed by atoms with E-state index in [1.807, 2.05) is 12.1 Å². The summed E-state index contributed by atoms with van der Waals surface area (Å²) in [4.78, 5) is 12.0. The molecule has 1 N–H and O–H groups in total. The van der Waals surface area contributed by atoms with Gasteiger partial charge >= 0.3 is 0 Å². The topological polar surface area (TPSA) is 50.7 Å². The molecule has 0 heterocycles. The second-order valence-corrected chi connectivity index (χ2v) is 7.21. The molecular formula is C20H23ClN2O2. The Kier molecular flexibility index (Phi) is 6.21. The van der Waals surface area contributed by atoms with Crippen LogP contribution in [0.3, 0.4) is 0 Å². The number of hydrazone groups is 1. The Bertz CT molecular complexity index is 762. The first-order valence-corrected chi connectivity index (χ1v) is 8.42. The fraction of sp³-hybridized carbons (Fsp3) is 0.300. The zero-order valence-electron chi connectivity index (χ0n) is 15.0. The summed E-state index contributed by atoms with van der Waals surface area (Å²) in [5.41, 5.74) is 5.50. The molecule has 0 atom stereocenters. The van der Waals surface area contributed by atoms with E-state index in [-0.39, 0.29) is 17.7 Å². The summed E-state index contributed by atoms with van der Waals surface area (Å²) >= 11 is 6.10. The Hall–Kier alpha value is -2.33. The Balaban J connectivity index is 1.94. The summed E-state index contributed by atoms with van der Waals surface area (Å²) in [6, 6.07) is 13.3. The number of benzene rings is 2. The third-order valence-electron chi connectivity index (χ3n) is 3.78. The van der Waals surface area contributed by atoms with E-state index >= 15 is 0 Å². The average Bonchev–Trinajstić information content (AvgIpc) is 2.56. The number of nitrogens with zero attached hydrogens (tertiary/aromatic N) is 1. The molecular weight excluding hydrogens is 336 g/mol. The minimum absolute atomic E-state index is 0.111. The third-order valence-corrected chi connectivity index (χ3v) is 4.15. The van der Waals surface area contributed by atoms with Gasteiger partial charge in [-0.2, -0.15) is 5.10 Å². The Labute approximate surface area is 153 Å². The van der Waals surface area contributed by atoms with Gasteiger partial charge in [-0.3, -0.25) is 4.79 Å². The maximum Gasteiger partial charge on any atom is 0.244 e. The maximum atomic E-state index is 12.0. The van der Waals surface area contributed by atoms with Crippen molar-refractivity contribution in [1.29, 1.82) is 0 Å². The summed E-state index contributed by atoms with van der Waals surface area (Å²) in [5, 5.41) is 4.53. The molecule has 0 saturated heterocycles. The van der Waals surface area contributed by atoms with Crippen molar-refractivity contribution in [2.75, 3.05) is 7.11 Å². The van der Waals surface area contributed by atoms with Gasteiger partial charge in [0.2, 0.25) is 5.91 Å². The quantitative estimate of drug-likeness (QED) is 0.638. The van der Waals surface area contributed by atoms with Crippen LogP contribution >= 0.6 is 11.6 Å². The largest absolute Gasteiger partial charge is 0.497 e. The van der Waals surface area contributed by atoms with E-state index in [9.17, 15) is 4.79 Å². The molecule has 0 radical (unpaired) electrons. The van der Waals surface area contributed by atoms with Gasteiger partial charge in [0.25, 0.3) is 0 Å². The second kappa shape index (κ2) is 8.17. The fourth-order valence-corrected chi connectivity index (χ4v) is 2.46. The normalized spacial score (nSPS) is 11.6. The fourth-order valence-electron chi connectivity index (χ4n) is 2.27. The predicted molar refractivity (Wildman–Crippen MR) is 103 cm³/mol. The summed E-state index contributed by atoms with van der Waals surface area (Å²) in [5.74, 6) is 0.423. The van der Waals surface area contributed by atoms with Crippen LogP contribution in [0, 0.1) is 0 Å². The molecule has 1 amide bonds. The van der Waals surface area contributed by atoms with Gasteiger partial charge in [-0.25, -0.2) is 5.43 Å². The van der Waals surface area contributed by atoms with Gasteiger partial charge in [0.15, 0.2) is 0 Å². The molecule has 5 heteroatoms. The minimum atomic E-state index is -0.238. The number of rotatable bonds is 5. The molecule has 2 rings (SSSR count). The summed E-state index contributed by atoms with van der Waals surface area (Å²) in [7, 11) is 1.57. The molecule has 132 valence electrons. The van der Waals surface area contributed by atoms with Crippen molar-refractivity contribution in [1.82, 2.24) is 5.43 Å². The van der Waals surface area contributed by atoms with E-state index in [0.717, 1.165) is 5.56 Å². The van der Waals surface area contributed by atoms with Crippen molar-refractivity contribution in [2.24, 2.45) is 5.10 Å². The monoisotopic (exact) mass is 358 g/mol. The Morgan fingerprint density at radius 1 is 1.20 bits per heavy atom. The number of hydrogen-bond acceptors (Lipinski definition) is 3. The third kappa shape index (κ3) is 5.61. The molecule has 0 spiro atoms. The highest BCUT2D eigenvalue weighted by molar-refractivity contribution is 6.31. The summed E-state index contributed by atoms with van der Waals surface area (Å²) in [6.07, 6.45) is 1.76. The van der Waals surface area contributed by atoms with Crippen molar-refractivity contribution in [3.8, 4) is 5.75 Å². The van der Waals surface area contributed by atoms with Gasteiger partial charge in [0, 0.05) is 5.02 Å². The Morgan fingerprint density at radius 3 is 2.48 bits per heavy atom. The summed E-state index contributed by atoms with van der Waals surface area (Å²) < 4.78 is 5.14. The molecule has 25 heavy (non-hydrogen) atoms. The second-order valence-electron chi connectivity index (χ2n) is 6.80. The van der Waals surface area contributed by atoms with E-state index < -0.39 is 0 Å². The lowest BCUT2D eigenvalue weighted by Gasteiger charge is -2.18. The molecule has 2 aromatic carbocycles.